The van der Waals surface area contributed by atoms with Gasteiger partial charge in [-0.25, -0.2) is 0 Å². The van der Waals surface area contributed by atoms with E-state index < -0.39 is 0 Å². The van der Waals surface area contributed by atoms with Gasteiger partial charge in [-0.1, -0.05) is 18.6 Å². The van der Waals surface area contributed by atoms with E-state index >= 15 is 0 Å². The average molecular weight is 280 g/mol. The maximum atomic E-state index is 5.99. The van der Waals surface area contributed by atoms with Crippen LogP contribution in [-0.2, 0) is 4.74 Å². The van der Waals surface area contributed by atoms with Crippen molar-refractivity contribution in [1.29, 1.82) is 0 Å². The molecule has 3 heteroatoms. The molecule has 0 bridgehead atoms. The molecule has 0 aromatic heterocycles. The van der Waals surface area contributed by atoms with Crippen molar-refractivity contribution in [3.63, 3.8) is 0 Å². The Bertz CT molecular complexity index is 386. The quantitative estimate of drug-likeness (QED) is 0.726. The SMILES string of the molecule is C#CCOC1C(C)=C(C=C)CCC12SCCCS2. The maximum absolute atomic E-state index is 5.99. The molecule has 1 spiro atoms. The second-order valence-electron chi connectivity index (χ2n) is 4.67. The predicted molar refractivity (Wildman–Crippen MR) is 83.0 cm³/mol. The van der Waals surface area contributed by atoms with Crippen LogP contribution >= 0.6 is 23.5 Å². The van der Waals surface area contributed by atoms with Crippen molar-refractivity contribution in [3.05, 3.63) is 23.8 Å². The minimum absolute atomic E-state index is 0.144. The normalized spacial score (nSPS) is 27.0. The maximum Gasteiger partial charge on any atom is 0.108 e. The molecule has 18 heavy (non-hydrogen) atoms. The number of thioether (sulfide) groups is 2. The monoisotopic (exact) mass is 280 g/mol. The van der Waals surface area contributed by atoms with Crippen molar-refractivity contribution in [2.45, 2.75) is 36.4 Å². The highest BCUT2D eigenvalue weighted by atomic mass is 32.2. The largest absolute Gasteiger partial charge is 0.359 e. The van der Waals surface area contributed by atoms with Gasteiger partial charge >= 0.3 is 0 Å². The molecular formula is C15H20OS2. The highest BCUT2D eigenvalue weighted by molar-refractivity contribution is 8.18. The van der Waals surface area contributed by atoms with E-state index in [9.17, 15) is 0 Å². The second kappa shape index (κ2) is 6.23. The molecular weight excluding hydrogens is 260 g/mol. The lowest BCUT2D eigenvalue weighted by atomic mass is 9.89. The van der Waals surface area contributed by atoms with Crippen molar-refractivity contribution < 1.29 is 4.74 Å². The summed E-state index contributed by atoms with van der Waals surface area (Å²) in [5.74, 6) is 5.07. The van der Waals surface area contributed by atoms with Gasteiger partial charge in [-0.2, -0.15) is 0 Å². The van der Waals surface area contributed by atoms with Crippen LogP contribution in [0.25, 0.3) is 0 Å². The summed E-state index contributed by atoms with van der Waals surface area (Å²) in [4.78, 5) is 0. The molecule has 0 aromatic rings. The van der Waals surface area contributed by atoms with E-state index in [1.165, 1.54) is 29.1 Å². The lowest BCUT2D eigenvalue weighted by molar-refractivity contribution is 0.0883. The molecule has 0 aromatic carbocycles. The Labute approximate surface area is 119 Å². The van der Waals surface area contributed by atoms with Gasteiger partial charge in [-0.05, 0) is 48.8 Å². The molecule has 2 aliphatic rings. The molecule has 98 valence electrons. The van der Waals surface area contributed by atoms with Crippen molar-refractivity contribution in [2.24, 2.45) is 0 Å². The lowest BCUT2D eigenvalue weighted by Gasteiger charge is -2.45. The van der Waals surface area contributed by atoms with Crippen LogP contribution in [0, 0.1) is 12.3 Å². The predicted octanol–water partition coefficient (Wildman–Crippen LogP) is 3.87. The van der Waals surface area contributed by atoms with Crippen molar-refractivity contribution in [1.82, 2.24) is 0 Å². The van der Waals surface area contributed by atoms with Gasteiger partial charge in [0.1, 0.15) is 12.7 Å². The van der Waals surface area contributed by atoms with Crippen LogP contribution in [0.5, 0.6) is 0 Å². The van der Waals surface area contributed by atoms with Crippen molar-refractivity contribution >= 4 is 23.5 Å². The Morgan fingerprint density at radius 2 is 2.28 bits per heavy atom. The molecule has 1 unspecified atom stereocenters. The van der Waals surface area contributed by atoms with Crippen LogP contribution < -0.4 is 0 Å². The summed E-state index contributed by atoms with van der Waals surface area (Å²) < 4.78 is 6.17. The summed E-state index contributed by atoms with van der Waals surface area (Å²) in [5, 5.41) is 0. The van der Waals surface area contributed by atoms with Crippen LogP contribution in [0.2, 0.25) is 0 Å². The van der Waals surface area contributed by atoms with Crippen LogP contribution in [0.1, 0.15) is 26.2 Å². The zero-order valence-corrected chi connectivity index (χ0v) is 12.5. The number of hydrogen-bond donors (Lipinski definition) is 0. The summed E-state index contributed by atoms with van der Waals surface area (Å²) in [6, 6.07) is 0. The third kappa shape index (κ3) is 2.66. The summed E-state index contributed by atoms with van der Waals surface area (Å²) in [6.45, 7) is 6.49. The fourth-order valence-electron chi connectivity index (χ4n) is 2.67. The molecule has 1 aliphatic heterocycles. The van der Waals surface area contributed by atoms with Gasteiger partial charge in [0.15, 0.2) is 0 Å². The zero-order valence-electron chi connectivity index (χ0n) is 10.9. The zero-order chi connectivity index (χ0) is 13.0. The number of hydrogen-bond acceptors (Lipinski definition) is 3. The molecule has 1 atom stereocenters. The summed E-state index contributed by atoms with van der Waals surface area (Å²) in [6.07, 6.45) is 11.1. The molecule has 0 radical (unpaired) electrons. The fourth-order valence-corrected chi connectivity index (χ4v) is 6.24. The van der Waals surface area contributed by atoms with Gasteiger partial charge in [0.25, 0.3) is 0 Å². The van der Waals surface area contributed by atoms with Gasteiger partial charge in [-0.3, -0.25) is 0 Å². The van der Waals surface area contributed by atoms with Crippen molar-refractivity contribution in [2.75, 3.05) is 18.1 Å². The number of terminal acetylenes is 1. The number of rotatable bonds is 3. The summed E-state index contributed by atoms with van der Waals surface area (Å²) in [7, 11) is 0. The summed E-state index contributed by atoms with van der Waals surface area (Å²) in [5.41, 5.74) is 2.67. The molecule has 0 saturated carbocycles. The van der Waals surface area contributed by atoms with Crippen LogP contribution in [0.3, 0.4) is 0 Å². The van der Waals surface area contributed by atoms with Crippen molar-refractivity contribution in [3.8, 4) is 12.3 Å². The van der Waals surface area contributed by atoms with E-state index in [-0.39, 0.29) is 10.2 Å². The molecule has 0 amide bonds. The van der Waals surface area contributed by atoms with Gasteiger partial charge in [0, 0.05) is 0 Å². The standard InChI is InChI=1S/C15H20OS2/c1-4-9-16-14-12(3)13(5-2)7-8-15(14)17-10-6-11-18-15/h1,5,14H,2,6-11H2,3H3. The first-order valence-corrected chi connectivity index (χ1v) is 8.35. The molecule has 1 heterocycles. The molecule has 1 aliphatic carbocycles. The van der Waals surface area contributed by atoms with Crippen LogP contribution in [0.15, 0.2) is 23.8 Å². The van der Waals surface area contributed by atoms with E-state index in [0.717, 1.165) is 12.8 Å². The minimum atomic E-state index is 0.144. The third-order valence-electron chi connectivity index (χ3n) is 3.60. The van der Waals surface area contributed by atoms with E-state index in [4.69, 9.17) is 11.2 Å². The van der Waals surface area contributed by atoms with Crippen LogP contribution in [0.4, 0.5) is 0 Å². The van der Waals surface area contributed by atoms with Crippen LogP contribution in [-0.4, -0.2) is 28.3 Å². The van der Waals surface area contributed by atoms with Gasteiger partial charge in [0.05, 0.1) is 4.08 Å². The Morgan fingerprint density at radius 3 is 2.89 bits per heavy atom. The highest BCUT2D eigenvalue weighted by Crippen LogP contribution is 2.53. The smallest absolute Gasteiger partial charge is 0.108 e. The van der Waals surface area contributed by atoms with Gasteiger partial charge in [-0.15, -0.1) is 29.9 Å². The molecule has 1 fully saturated rings. The summed E-state index contributed by atoms with van der Waals surface area (Å²) >= 11 is 4.12. The first-order chi connectivity index (χ1) is 8.73. The Kier molecular flexibility index (Phi) is 4.89. The van der Waals surface area contributed by atoms with E-state index in [1.54, 1.807) is 0 Å². The fraction of sp³-hybridized carbons (Fsp3) is 0.600. The van der Waals surface area contributed by atoms with Gasteiger partial charge < -0.3 is 4.74 Å². The number of ether oxygens (including phenoxy) is 1. The Balaban J connectivity index is 2.27. The average Bonchev–Trinajstić information content (AvgIpc) is 2.40. The first-order valence-electron chi connectivity index (χ1n) is 6.38. The van der Waals surface area contributed by atoms with E-state index in [0.29, 0.717) is 6.61 Å². The first kappa shape index (κ1) is 14.1. The topological polar surface area (TPSA) is 9.23 Å². The molecule has 2 rings (SSSR count). The second-order valence-corrected chi connectivity index (χ2v) is 7.78. The molecule has 1 saturated heterocycles. The lowest BCUT2D eigenvalue weighted by Crippen LogP contribution is -2.44. The third-order valence-corrected chi connectivity index (χ3v) is 7.11. The van der Waals surface area contributed by atoms with E-state index in [1.807, 2.05) is 6.08 Å². The van der Waals surface area contributed by atoms with E-state index in [2.05, 4.69) is 42.9 Å². The Morgan fingerprint density at radius 1 is 1.56 bits per heavy atom. The Hall–Kier alpha value is -0.300. The number of allylic oxidation sites excluding steroid dienone is 2. The molecule has 0 N–H and O–H groups in total. The highest BCUT2D eigenvalue weighted by Gasteiger charge is 2.45. The minimum Gasteiger partial charge on any atom is -0.359 e. The van der Waals surface area contributed by atoms with Gasteiger partial charge in [0.2, 0.25) is 0 Å². The molecule has 1 nitrogen and oxygen atoms in total.